The zero-order chi connectivity index (χ0) is 21.0. The minimum Gasteiger partial charge on any atom is -0.507 e. The third-order valence-corrected chi connectivity index (χ3v) is 6.35. The molecule has 0 saturated carbocycles. The monoisotopic (exact) mass is 393 g/mol. The van der Waals surface area contributed by atoms with Crippen molar-refractivity contribution in [1.82, 2.24) is 4.90 Å². The molecule has 4 rings (SSSR count). The van der Waals surface area contributed by atoms with Crippen LogP contribution in [0, 0.1) is 6.92 Å². The average Bonchev–Trinajstić information content (AvgIpc) is 2.66. The number of fused-ring (bicyclic) bond motifs is 2. The van der Waals surface area contributed by atoms with Crippen LogP contribution in [0.25, 0.3) is 21.9 Å². The van der Waals surface area contributed by atoms with Crippen molar-refractivity contribution in [3.63, 3.8) is 0 Å². The number of methoxy groups -OCH3 is 1. The maximum Gasteiger partial charge on any atom is 0.130 e. The number of benzene rings is 3. The lowest BCUT2D eigenvalue weighted by molar-refractivity contribution is 0.176. The molecule has 0 saturated heterocycles. The number of likely N-dealkylation sites (N-methyl/N-ethyl adjacent to an activating group) is 1. The maximum absolute atomic E-state index is 10.9. The van der Waals surface area contributed by atoms with Crippen LogP contribution in [0.1, 0.15) is 36.6 Å². The largest absolute Gasteiger partial charge is 0.507 e. The summed E-state index contributed by atoms with van der Waals surface area (Å²) in [6.07, 6.45) is 0.707. The summed E-state index contributed by atoms with van der Waals surface area (Å²) < 4.78 is 5.52. The molecule has 0 unspecified atom stereocenters. The van der Waals surface area contributed by atoms with Gasteiger partial charge in [0.1, 0.15) is 23.0 Å². The van der Waals surface area contributed by atoms with Crippen LogP contribution in [0.3, 0.4) is 0 Å². The van der Waals surface area contributed by atoms with E-state index in [1.807, 2.05) is 25.1 Å². The van der Waals surface area contributed by atoms with Gasteiger partial charge in [0, 0.05) is 29.3 Å². The van der Waals surface area contributed by atoms with Gasteiger partial charge in [0.05, 0.1) is 12.5 Å². The number of aryl methyl sites for hydroxylation is 1. The first-order valence-electron chi connectivity index (χ1n) is 9.84. The van der Waals surface area contributed by atoms with Crippen molar-refractivity contribution in [2.24, 2.45) is 0 Å². The van der Waals surface area contributed by atoms with Crippen molar-refractivity contribution in [2.45, 2.75) is 39.3 Å². The molecule has 3 aromatic carbocycles. The lowest BCUT2D eigenvalue weighted by atomic mass is 9.82. The maximum atomic E-state index is 10.9. The SMILES string of the molecule is COc1cc(C)cc2c(-c3c(O)cc(O)c4c3C[C@H](C)N(C)[C@H]4C)ccc(O)c12. The number of ether oxygens (including phenoxy) is 1. The summed E-state index contributed by atoms with van der Waals surface area (Å²) in [6.45, 7) is 6.19. The van der Waals surface area contributed by atoms with Crippen molar-refractivity contribution in [1.29, 1.82) is 0 Å². The first-order valence-corrected chi connectivity index (χ1v) is 9.84. The molecule has 1 heterocycles. The van der Waals surface area contributed by atoms with E-state index in [2.05, 4.69) is 25.8 Å². The second-order valence-electron chi connectivity index (χ2n) is 8.10. The van der Waals surface area contributed by atoms with E-state index in [0.717, 1.165) is 27.6 Å². The predicted molar refractivity (Wildman–Crippen MR) is 115 cm³/mol. The molecule has 0 amide bonds. The van der Waals surface area contributed by atoms with Gasteiger partial charge in [0.25, 0.3) is 0 Å². The van der Waals surface area contributed by atoms with Crippen LogP contribution in [-0.4, -0.2) is 40.4 Å². The number of phenols is 3. The fourth-order valence-electron chi connectivity index (χ4n) is 4.67. The quantitative estimate of drug-likeness (QED) is 0.579. The highest BCUT2D eigenvalue weighted by molar-refractivity contribution is 6.05. The van der Waals surface area contributed by atoms with Gasteiger partial charge in [-0.15, -0.1) is 0 Å². The Morgan fingerprint density at radius 3 is 2.41 bits per heavy atom. The van der Waals surface area contributed by atoms with E-state index in [1.54, 1.807) is 13.2 Å². The molecule has 0 aliphatic carbocycles. The number of rotatable bonds is 2. The fourth-order valence-corrected chi connectivity index (χ4v) is 4.67. The van der Waals surface area contributed by atoms with Gasteiger partial charge in [-0.05, 0) is 74.5 Å². The summed E-state index contributed by atoms with van der Waals surface area (Å²) in [7, 11) is 3.63. The average molecular weight is 393 g/mol. The minimum absolute atomic E-state index is 0.0211. The summed E-state index contributed by atoms with van der Waals surface area (Å²) in [5.41, 5.74) is 4.32. The molecule has 0 fully saturated rings. The molecule has 0 radical (unpaired) electrons. The van der Waals surface area contributed by atoms with E-state index in [1.165, 1.54) is 6.07 Å². The second kappa shape index (κ2) is 6.85. The number of hydrogen-bond acceptors (Lipinski definition) is 5. The molecule has 0 aromatic heterocycles. The van der Waals surface area contributed by atoms with E-state index in [4.69, 9.17) is 4.74 Å². The van der Waals surface area contributed by atoms with Crippen molar-refractivity contribution in [3.05, 3.63) is 47.0 Å². The van der Waals surface area contributed by atoms with Crippen LogP contribution in [0.15, 0.2) is 30.3 Å². The first-order chi connectivity index (χ1) is 13.7. The van der Waals surface area contributed by atoms with Gasteiger partial charge in [0.15, 0.2) is 0 Å². The van der Waals surface area contributed by atoms with E-state index in [9.17, 15) is 15.3 Å². The van der Waals surface area contributed by atoms with Crippen LogP contribution in [-0.2, 0) is 6.42 Å². The molecule has 2 atom stereocenters. The summed E-state index contributed by atoms with van der Waals surface area (Å²) in [4.78, 5) is 2.23. The number of phenolic OH excluding ortho intramolecular Hbond substituents is 3. The minimum atomic E-state index is 0.0211. The van der Waals surface area contributed by atoms with Crippen LogP contribution in [0.4, 0.5) is 0 Å². The summed E-state index contributed by atoms with van der Waals surface area (Å²) in [5, 5.41) is 33.5. The molecule has 3 aromatic rings. The molecule has 1 aliphatic heterocycles. The standard InChI is InChI=1S/C24H27NO4/c1-12-8-16-15(6-7-18(26)24(16)21(9-12)29-5)23-17-10-13(2)25(4)14(3)22(17)19(27)11-20(23)28/h6-9,11,13-14,26-28H,10H2,1-5H3/t13-,14-/m0/s1. The number of nitrogens with zero attached hydrogens (tertiary/aromatic N) is 1. The summed E-state index contributed by atoms with van der Waals surface area (Å²) in [5.74, 6) is 0.879. The van der Waals surface area contributed by atoms with Gasteiger partial charge < -0.3 is 20.1 Å². The van der Waals surface area contributed by atoms with Gasteiger partial charge in [-0.25, -0.2) is 0 Å². The highest BCUT2D eigenvalue weighted by Crippen LogP contribution is 2.49. The van der Waals surface area contributed by atoms with Gasteiger partial charge in [-0.3, -0.25) is 4.90 Å². The molecule has 0 spiro atoms. The smallest absolute Gasteiger partial charge is 0.130 e. The Morgan fingerprint density at radius 2 is 1.72 bits per heavy atom. The highest BCUT2D eigenvalue weighted by Gasteiger charge is 2.33. The van der Waals surface area contributed by atoms with Gasteiger partial charge in [0.2, 0.25) is 0 Å². The highest BCUT2D eigenvalue weighted by atomic mass is 16.5. The van der Waals surface area contributed by atoms with E-state index >= 15 is 0 Å². The Labute approximate surface area is 170 Å². The molecule has 0 bridgehead atoms. The number of aromatic hydroxyl groups is 3. The number of hydrogen-bond donors (Lipinski definition) is 3. The van der Waals surface area contributed by atoms with Crippen molar-refractivity contribution in [3.8, 4) is 34.1 Å². The topological polar surface area (TPSA) is 73.2 Å². The Bertz CT molecular complexity index is 1120. The van der Waals surface area contributed by atoms with Crippen molar-refractivity contribution in [2.75, 3.05) is 14.2 Å². The van der Waals surface area contributed by atoms with Crippen LogP contribution >= 0.6 is 0 Å². The Kier molecular flexibility index (Phi) is 4.58. The van der Waals surface area contributed by atoms with Gasteiger partial charge in [-0.2, -0.15) is 0 Å². The van der Waals surface area contributed by atoms with E-state index in [-0.39, 0.29) is 29.3 Å². The van der Waals surface area contributed by atoms with Crippen LogP contribution in [0.2, 0.25) is 0 Å². The van der Waals surface area contributed by atoms with Crippen molar-refractivity contribution < 1.29 is 20.1 Å². The third-order valence-electron chi connectivity index (χ3n) is 6.35. The Balaban J connectivity index is 2.11. The molecular formula is C24H27NO4. The normalized spacial score (nSPS) is 19.3. The summed E-state index contributed by atoms with van der Waals surface area (Å²) in [6, 6.07) is 9.06. The van der Waals surface area contributed by atoms with Gasteiger partial charge >= 0.3 is 0 Å². The van der Waals surface area contributed by atoms with E-state index < -0.39 is 0 Å². The summed E-state index contributed by atoms with van der Waals surface area (Å²) >= 11 is 0. The molecule has 5 heteroatoms. The third kappa shape index (κ3) is 2.88. The zero-order valence-electron chi connectivity index (χ0n) is 17.4. The zero-order valence-corrected chi connectivity index (χ0v) is 17.4. The van der Waals surface area contributed by atoms with Gasteiger partial charge in [-0.1, -0.05) is 6.07 Å². The first kappa shape index (κ1) is 19.4. The molecule has 152 valence electrons. The van der Waals surface area contributed by atoms with E-state index in [0.29, 0.717) is 23.1 Å². The van der Waals surface area contributed by atoms with Crippen LogP contribution in [0.5, 0.6) is 23.0 Å². The predicted octanol–water partition coefficient (Wildman–Crippen LogP) is 4.88. The molecule has 5 nitrogen and oxygen atoms in total. The lowest BCUT2D eigenvalue weighted by Gasteiger charge is -2.39. The lowest BCUT2D eigenvalue weighted by Crippen LogP contribution is -2.38. The molecule has 29 heavy (non-hydrogen) atoms. The molecule has 1 aliphatic rings. The molecule has 3 N–H and O–H groups in total. The fraction of sp³-hybridized carbons (Fsp3) is 0.333. The van der Waals surface area contributed by atoms with Crippen molar-refractivity contribution >= 4 is 10.8 Å². The Morgan fingerprint density at radius 1 is 1.00 bits per heavy atom. The Hall–Kier alpha value is -2.92. The second-order valence-corrected chi connectivity index (χ2v) is 8.10. The van der Waals surface area contributed by atoms with Crippen LogP contribution < -0.4 is 4.74 Å². The molecular weight excluding hydrogens is 366 g/mol.